The summed E-state index contributed by atoms with van der Waals surface area (Å²) in [6.07, 6.45) is 2.03. The van der Waals surface area contributed by atoms with Crippen LogP contribution >= 0.6 is 12.4 Å². The first-order chi connectivity index (χ1) is 9.10. The van der Waals surface area contributed by atoms with Gasteiger partial charge in [0.25, 0.3) is 0 Å². The molecule has 0 aliphatic carbocycles. The highest BCUT2D eigenvalue weighted by Crippen LogP contribution is 2.17. The second kappa shape index (κ2) is 7.02. The van der Waals surface area contributed by atoms with Gasteiger partial charge in [0.1, 0.15) is 17.7 Å². The highest BCUT2D eigenvalue weighted by atomic mass is 35.5. The standard InChI is InChI=1S/C13H17N5O.ClH/c1-13(14,10-5-3-2-4-6-10)12(19)15-8-7-11-16-9-17-18-11;/h2-6,9H,7-8,14H2,1H3,(H,15,19)(H,16,17,18);1H. The molecule has 2 rings (SSSR count). The number of nitrogens with one attached hydrogen (secondary N) is 2. The minimum absolute atomic E-state index is 0. The molecule has 2 aromatic rings. The van der Waals surface area contributed by atoms with Gasteiger partial charge < -0.3 is 11.1 Å². The van der Waals surface area contributed by atoms with E-state index >= 15 is 0 Å². The van der Waals surface area contributed by atoms with E-state index in [0.717, 1.165) is 11.4 Å². The molecule has 1 heterocycles. The van der Waals surface area contributed by atoms with Crippen LogP contribution in [0.1, 0.15) is 18.3 Å². The fraction of sp³-hybridized carbons (Fsp3) is 0.308. The molecule has 1 amide bonds. The summed E-state index contributed by atoms with van der Waals surface area (Å²) in [7, 11) is 0. The van der Waals surface area contributed by atoms with Crippen molar-refractivity contribution in [1.82, 2.24) is 20.5 Å². The Labute approximate surface area is 123 Å². The fourth-order valence-corrected chi connectivity index (χ4v) is 1.74. The molecule has 1 aromatic carbocycles. The maximum Gasteiger partial charge on any atom is 0.244 e. The molecule has 1 aromatic heterocycles. The molecule has 0 aliphatic heterocycles. The summed E-state index contributed by atoms with van der Waals surface area (Å²) in [5.41, 5.74) is 5.84. The van der Waals surface area contributed by atoms with E-state index in [1.54, 1.807) is 6.92 Å². The number of rotatable bonds is 5. The van der Waals surface area contributed by atoms with E-state index in [1.807, 2.05) is 30.3 Å². The molecule has 1 atom stereocenters. The van der Waals surface area contributed by atoms with Gasteiger partial charge in [0.2, 0.25) is 5.91 Å². The number of nitrogens with two attached hydrogens (primary N) is 1. The Morgan fingerprint density at radius 2 is 2.10 bits per heavy atom. The molecule has 0 fully saturated rings. The summed E-state index contributed by atoms with van der Waals surface area (Å²) < 4.78 is 0. The summed E-state index contributed by atoms with van der Waals surface area (Å²) in [4.78, 5) is 16.1. The van der Waals surface area contributed by atoms with E-state index in [2.05, 4.69) is 20.5 Å². The van der Waals surface area contributed by atoms with Gasteiger partial charge in [-0.2, -0.15) is 5.10 Å². The summed E-state index contributed by atoms with van der Waals surface area (Å²) >= 11 is 0. The van der Waals surface area contributed by atoms with Crippen LogP contribution in [0.15, 0.2) is 36.7 Å². The third-order valence-corrected chi connectivity index (χ3v) is 2.96. The molecule has 0 saturated carbocycles. The highest BCUT2D eigenvalue weighted by Gasteiger charge is 2.29. The van der Waals surface area contributed by atoms with Crippen LogP contribution in [0.25, 0.3) is 0 Å². The quantitative estimate of drug-likeness (QED) is 0.758. The van der Waals surface area contributed by atoms with Crippen molar-refractivity contribution < 1.29 is 4.79 Å². The lowest BCUT2D eigenvalue weighted by Crippen LogP contribution is -2.49. The molecule has 0 bridgehead atoms. The monoisotopic (exact) mass is 295 g/mol. The second-order valence-electron chi connectivity index (χ2n) is 4.51. The SMILES string of the molecule is CC(N)(C(=O)NCCc1ncn[nH]1)c1ccccc1.Cl. The molecule has 20 heavy (non-hydrogen) atoms. The van der Waals surface area contributed by atoms with Crippen molar-refractivity contribution in [3.05, 3.63) is 48.0 Å². The van der Waals surface area contributed by atoms with Gasteiger partial charge in [-0.15, -0.1) is 12.4 Å². The molecule has 7 heteroatoms. The summed E-state index contributed by atoms with van der Waals surface area (Å²) in [5.74, 6) is 0.525. The first-order valence-electron chi connectivity index (χ1n) is 6.07. The van der Waals surface area contributed by atoms with Crippen LogP contribution in [0.5, 0.6) is 0 Å². The third kappa shape index (κ3) is 3.79. The van der Waals surface area contributed by atoms with E-state index in [-0.39, 0.29) is 18.3 Å². The third-order valence-electron chi connectivity index (χ3n) is 2.96. The number of halogens is 1. The minimum Gasteiger partial charge on any atom is -0.354 e. The Morgan fingerprint density at radius 3 is 2.70 bits per heavy atom. The topological polar surface area (TPSA) is 96.7 Å². The maximum atomic E-state index is 12.1. The Balaban J connectivity index is 0.00000200. The lowest BCUT2D eigenvalue weighted by molar-refractivity contribution is -0.126. The van der Waals surface area contributed by atoms with Crippen molar-refractivity contribution in [3.8, 4) is 0 Å². The average Bonchev–Trinajstić information content (AvgIpc) is 2.93. The predicted octanol–water partition coefficient (Wildman–Crippen LogP) is 0.759. The maximum absolute atomic E-state index is 12.1. The average molecular weight is 296 g/mol. The smallest absolute Gasteiger partial charge is 0.244 e. The van der Waals surface area contributed by atoms with E-state index in [0.29, 0.717) is 13.0 Å². The van der Waals surface area contributed by atoms with Crippen molar-refractivity contribution in [3.63, 3.8) is 0 Å². The first-order valence-corrected chi connectivity index (χ1v) is 6.07. The summed E-state index contributed by atoms with van der Waals surface area (Å²) in [5, 5.41) is 9.29. The van der Waals surface area contributed by atoms with E-state index in [1.165, 1.54) is 6.33 Å². The molecular weight excluding hydrogens is 278 g/mol. The van der Waals surface area contributed by atoms with E-state index in [9.17, 15) is 4.79 Å². The molecule has 0 saturated heterocycles. The van der Waals surface area contributed by atoms with Crippen LogP contribution in [0.3, 0.4) is 0 Å². The Kier molecular flexibility index (Phi) is 5.66. The van der Waals surface area contributed by atoms with Crippen molar-refractivity contribution in [2.24, 2.45) is 5.73 Å². The van der Waals surface area contributed by atoms with Crippen molar-refractivity contribution >= 4 is 18.3 Å². The molecule has 0 spiro atoms. The second-order valence-corrected chi connectivity index (χ2v) is 4.51. The number of hydrogen-bond donors (Lipinski definition) is 3. The summed E-state index contributed by atoms with van der Waals surface area (Å²) in [6.45, 7) is 2.17. The number of aromatic nitrogens is 3. The zero-order valence-corrected chi connectivity index (χ0v) is 12.0. The van der Waals surface area contributed by atoms with Gasteiger partial charge >= 0.3 is 0 Å². The zero-order valence-electron chi connectivity index (χ0n) is 11.2. The van der Waals surface area contributed by atoms with Crippen molar-refractivity contribution in [1.29, 1.82) is 0 Å². The minimum atomic E-state index is -1.04. The van der Waals surface area contributed by atoms with Gasteiger partial charge in [0.05, 0.1) is 0 Å². The van der Waals surface area contributed by atoms with Gasteiger partial charge in [-0.3, -0.25) is 9.89 Å². The molecule has 108 valence electrons. The number of amides is 1. The largest absolute Gasteiger partial charge is 0.354 e. The highest BCUT2D eigenvalue weighted by molar-refractivity contribution is 5.87. The van der Waals surface area contributed by atoms with Gasteiger partial charge in [-0.05, 0) is 12.5 Å². The lowest BCUT2D eigenvalue weighted by atomic mass is 9.92. The van der Waals surface area contributed by atoms with E-state index < -0.39 is 5.54 Å². The summed E-state index contributed by atoms with van der Waals surface area (Å²) in [6, 6.07) is 9.30. The Morgan fingerprint density at radius 1 is 1.40 bits per heavy atom. The van der Waals surface area contributed by atoms with Crippen LogP contribution in [-0.4, -0.2) is 27.6 Å². The Bertz CT molecular complexity index is 527. The number of aromatic amines is 1. The van der Waals surface area contributed by atoms with Crippen molar-refractivity contribution in [2.45, 2.75) is 18.9 Å². The van der Waals surface area contributed by atoms with Gasteiger partial charge in [0.15, 0.2) is 0 Å². The Hall–Kier alpha value is -1.92. The molecule has 0 aliphatic rings. The molecule has 4 N–H and O–H groups in total. The molecule has 1 unspecified atom stereocenters. The molecule has 6 nitrogen and oxygen atoms in total. The number of carbonyl (C=O) groups is 1. The van der Waals surface area contributed by atoms with Crippen LogP contribution < -0.4 is 11.1 Å². The van der Waals surface area contributed by atoms with Gasteiger partial charge in [-0.25, -0.2) is 4.98 Å². The van der Waals surface area contributed by atoms with Gasteiger partial charge in [0, 0.05) is 13.0 Å². The van der Waals surface area contributed by atoms with Gasteiger partial charge in [-0.1, -0.05) is 30.3 Å². The fourth-order valence-electron chi connectivity index (χ4n) is 1.74. The van der Waals surface area contributed by atoms with E-state index in [4.69, 9.17) is 5.73 Å². The number of benzene rings is 1. The van der Waals surface area contributed by atoms with Crippen LogP contribution in [0, 0.1) is 0 Å². The number of H-pyrrole nitrogens is 1. The number of nitrogens with zero attached hydrogens (tertiary/aromatic N) is 2. The lowest BCUT2D eigenvalue weighted by Gasteiger charge is -2.23. The number of carbonyl (C=O) groups excluding carboxylic acids is 1. The first kappa shape index (κ1) is 16.1. The number of hydrogen-bond acceptors (Lipinski definition) is 4. The van der Waals surface area contributed by atoms with Crippen LogP contribution in [-0.2, 0) is 16.8 Å². The van der Waals surface area contributed by atoms with Crippen LogP contribution in [0.2, 0.25) is 0 Å². The normalized spacial score (nSPS) is 13.1. The van der Waals surface area contributed by atoms with Crippen molar-refractivity contribution in [2.75, 3.05) is 6.54 Å². The predicted molar refractivity (Wildman–Crippen MR) is 78.3 cm³/mol. The zero-order chi connectivity index (χ0) is 13.7. The van der Waals surface area contributed by atoms with Crippen LogP contribution in [0.4, 0.5) is 0 Å². The molecule has 0 radical (unpaired) electrons. The molecular formula is C13H18ClN5O.